The lowest BCUT2D eigenvalue weighted by Crippen LogP contribution is -2.30. The summed E-state index contributed by atoms with van der Waals surface area (Å²) < 4.78 is 68.4. The second-order valence-electron chi connectivity index (χ2n) is 28.3. The minimum absolute atomic E-state index is 0.103. The zero-order valence-electron chi connectivity index (χ0n) is 62.0. The molecule has 0 aromatic rings. The third-order valence-electron chi connectivity index (χ3n) is 17.7. The molecule has 0 radical (unpaired) electrons. The van der Waals surface area contributed by atoms with E-state index in [0.717, 1.165) is 102 Å². The Morgan fingerprint density at radius 2 is 0.484 bits per heavy atom. The Morgan fingerprint density at radius 1 is 0.284 bits per heavy atom. The van der Waals surface area contributed by atoms with Gasteiger partial charge in [0.05, 0.1) is 26.4 Å². The number of ether oxygens (including phenoxy) is 4. The first-order valence-electron chi connectivity index (χ1n) is 39.5. The lowest BCUT2D eigenvalue weighted by molar-refractivity contribution is -0.161. The molecular formula is C76H148O17P2. The molecule has 0 aromatic carbocycles. The van der Waals surface area contributed by atoms with Crippen LogP contribution in [0.4, 0.5) is 0 Å². The fraction of sp³-hybridized carbons (Fsp3) is 0.947. The number of unbranched alkanes of at least 4 members (excludes halogenated alkanes) is 45. The molecule has 0 saturated carbocycles. The normalized spacial score (nSPS) is 14.0. The second-order valence-corrected chi connectivity index (χ2v) is 31.3. The minimum Gasteiger partial charge on any atom is -0.462 e. The van der Waals surface area contributed by atoms with E-state index in [9.17, 15) is 43.2 Å². The third-order valence-corrected chi connectivity index (χ3v) is 19.6. The smallest absolute Gasteiger partial charge is 0.462 e. The molecule has 0 aliphatic carbocycles. The Labute approximate surface area is 581 Å². The largest absolute Gasteiger partial charge is 0.472 e. The molecule has 0 aromatic heterocycles. The van der Waals surface area contributed by atoms with E-state index < -0.39 is 97.5 Å². The number of phosphoric acid groups is 2. The van der Waals surface area contributed by atoms with Gasteiger partial charge in [0.1, 0.15) is 19.3 Å². The van der Waals surface area contributed by atoms with Gasteiger partial charge in [-0.25, -0.2) is 9.13 Å². The van der Waals surface area contributed by atoms with E-state index >= 15 is 0 Å². The summed E-state index contributed by atoms with van der Waals surface area (Å²) in [5.74, 6) is -0.635. The molecule has 2 unspecified atom stereocenters. The molecule has 0 rings (SSSR count). The van der Waals surface area contributed by atoms with Crippen molar-refractivity contribution in [3.63, 3.8) is 0 Å². The van der Waals surface area contributed by atoms with E-state index in [-0.39, 0.29) is 25.7 Å². The molecule has 95 heavy (non-hydrogen) atoms. The third kappa shape index (κ3) is 70.3. The number of aliphatic hydroxyl groups is 1. The summed E-state index contributed by atoms with van der Waals surface area (Å²) in [6, 6.07) is 0. The van der Waals surface area contributed by atoms with Crippen molar-refractivity contribution in [1.82, 2.24) is 0 Å². The molecule has 19 heteroatoms. The van der Waals surface area contributed by atoms with Crippen LogP contribution >= 0.6 is 15.6 Å². The van der Waals surface area contributed by atoms with E-state index in [4.69, 9.17) is 37.0 Å². The van der Waals surface area contributed by atoms with Crippen molar-refractivity contribution >= 4 is 39.5 Å². The van der Waals surface area contributed by atoms with Crippen LogP contribution in [0.15, 0.2) is 0 Å². The van der Waals surface area contributed by atoms with Crippen LogP contribution in [0.2, 0.25) is 0 Å². The van der Waals surface area contributed by atoms with Gasteiger partial charge in [-0.05, 0) is 37.5 Å². The zero-order valence-corrected chi connectivity index (χ0v) is 63.8. The Kier molecular flexibility index (Phi) is 66.5. The van der Waals surface area contributed by atoms with Crippen LogP contribution in [0.25, 0.3) is 0 Å². The fourth-order valence-corrected chi connectivity index (χ4v) is 13.2. The van der Waals surface area contributed by atoms with Crippen molar-refractivity contribution in [2.24, 2.45) is 11.8 Å². The van der Waals surface area contributed by atoms with Gasteiger partial charge in [0.25, 0.3) is 0 Å². The first-order chi connectivity index (χ1) is 45.9. The predicted molar refractivity (Wildman–Crippen MR) is 386 cm³/mol. The maximum absolute atomic E-state index is 13.1. The highest BCUT2D eigenvalue weighted by Crippen LogP contribution is 2.45. The first kappa shape index (κ1) is 93.1. The summed E-state index contributed by atoms with van der Waals surface area (Å²) >= 11 is 0. The van der Waals surface area contributed by atoms with Gasteiger partial charge in [0.2, 0.25) is 0 Å². The highest BCUT2D eigenvalue weighted by Gasteiger charge is 2.30. The monoisotopic (exact) mass is 1400 g/mol. The van der Waals surface area contributed by atoms with E-state index in [2.05, 4.69) is 41.5 Å². The quantitative estimate of drug-likeness (QED) is 0.0222. The predicted octanol–water partition coefficient (Wildman–Crippen LogP) is 22.3. The molecule has 0 aliphatic heterocycles. The number of esters is 4. The molecule has 3 N–H and O–H groups in total. The summed E-state index contributed by atoms with van der Waals surface area (Å²) in [5.41, 5.74) is 0. The van der Waals surface area contributed by atoms with Crippen LogP contribution in [0.1, 0.15) is 395 Å². The van der Waals surface area contributed by atoms with Gasteiger partial charge in [0, 0.05) is 25.7 Å². The van der Waals surface area contributed by atoms with Crippen molar-refractivity contribution in [1.29, 1.82) is 0 Å². The van der Waals surface area contributed by atoms with Crippen molar-refractivity contribution in [2.45, 2.75) is 413 Å². The second kappa shape index (κ2) is 67.9. The summed E-state index contributed by atoms with van der Waals surface area (Å²) in [4.78, 5) is 72.6. The lowest BCUT2D eigenvalue weighted by Gasteiger charge is -2.21. The van der Waals surface area contributed by atoms with Gasteiger partial charge in [-0.15, -0.1) is 0 Å². The summed E-state index contributed by atoms with van der Waals surface area (Å²) in [7, 11) is -9.90. The average Bonchev–Trinajstić information content (AvgIpc) is 1.43. The van der Waals surface area contributed by atoms with Gasteiger partial charge in [-0.1, -0.05) is 343 Å². The van der Waals surface area contributed by atoms with Crippen LogP contribution in [-0.4, -0.2) is 96.7 Å². The van der Waals surface area contributed by atoms with Crippen molar-refractivity contribution < 1.29 is 80.2 Å². The van der Waals surface area contributed by atoms with Gasteiger partial charge >= 0.3 is 39.5 Å². The SMILES string of the molecule is CCCCCCCCCCCCCCCCCCCCCCCC(=O)O[C@H](COC(=O)CCCCCCCCCCCCCCCC(C)C)COP(=O)(O)OC[C@@H](O)COP(=O)(O)OC[C@@H](COC(=O)CCCCCCCCCC)OC(=O)CCCCCCCCCC(C)C. The number of carbonyl (C=O) groups excluding carboxylic acids is 4. The van der Waals surface area contributed by atoms with Crippen LogP contribution in [0.3, 0.4) is 0 Å². The maximum Gasteiger partial charge on any atom is 0.472 e. The van der Waals surface area contributed by atoms with E-state index in [0.29, 0.717) is 31.6 Å². The molecule has 0 aliphatic rings. The highest BCUT2D eigenvalue weighted by atomic mass is 31.2. The maximum atomic E-state index is 13.1. The van der Waals surface area contributed by atoms with Crippen molar-refractivity contribution in [2.75, 3.05) is 39.6 Å². The molecule has 5 atom stereocenters. The lowest BCUT2D eigenvalue weighted by atomic mass is 10.0. The topological polar surface area (TPSA) is 237 Å². The number of rotatable bonds is 75. The van der Waals surface area contributed by atoms with Crippen LogP contribution in [0.5, 0.6) is 0 Å². The Hall–Kier alpha value is -1.94. The number of carbonyl (C=O) groups is 4. The van der Waals surface area contributed by atoms with Gasteiger partial charge in [-0.3, -0.25) is 37.3 Å². The van der Waals surface area contributed by atoms with Gasteiger partial charge < -0.3 is 33.8 Å². The number of phosphoric ester groups is 2. The van der Waals surface area contributed by atoms with E-state index in [1.54, 1.807) is 0 Å². The summed E-state index contributed by atoms with van der Waals surface area (Å²) in [5, 5.41) is 10.6. The van der Waals surface area contributed by atoms with Crippen LogP contribution < -0.4 is 0 Å². The Balaban J connectivity index is 5.17. The molecule has 0 saturated heterocycles. The van der Waals surface area contributed by atoms with Crippen LogP contribution in [-0.2, 0) is 65.4 Å². The highest BCUT2D eigenvalue weighted by molar-refractivity contribution is 7.47. The van der Waals surface area contributed by atoms with Gasteiger partial charge in [-0.2, -0.15) is 0 Å². The minimum atomic E-state index is -4.96. The first-order valence-corrected chi connectivity index (χ1v) is 42.5. The molecule has 0 bridgehead atoms. The summed E-state index contributed by atoms with van der Waals surface area (Å²) in [6.07, 6.45) is 55.8. The number of hydrogen-bond donors (Lipinski definition) is 3. The number of hydrogen-bond acceptors (Lipinski definition) is 15. The molecule has 0 heterocycles. The van der Waals surface area contributed by atoms with E-state index in [1.807, 2.05) is 0 Å². The molecule has 0 amide bonds. The van der Waals surface area contributed by atoms with Crippen LogP contribution in [0, 0.1) is 11.8 Å². The Bertz CT molecular complexity index is 1840. The molecule has 17 nitrogen and oxygen atoms in total. The average molecular weight is 1400 g/mol. The van der Waals surface area contributed by atoms with Gasteiger partial charge in [0.15, 0.2) is 12.2 Å². The Morgan fingerprint density at radius 3 is 0.716 bits per heavy atom. The zero-order chi connectivity index (χ0) is 70.0. The molecule has 0 fully saturated rings. The molecular weight excluding hydrogens is 1250 g/mol. The molecule has 564 valence electrons. The fourth-order valence-electron chi connectivity index (χ4n) is 11.7. The number of aliphatic hydroxyl groups excluding tert-OH is 1. The van der Waals surface area contributed by atoms with E-state index in [1.165, 1.54) is 205 Å². The van der Waals surface area contributed by atoms with Crippen molar-refractivity contribution in [3.8, 4) is 0 Å². The van der Waals surface area contributed by atoms with Crippen molar-refractivity contribution in [3.05, 3.63) is 0 Å². The standard InChI is InChI=1S/C76H148O17P2/c1-7-9-11-13-15-17-18-19-20-21-22-23-24-25-26-29-33-36-42-48-54-60-75(80)92-71(65-87-74(79)59-53-47-41-35-32-30-27-28-31-34-38-44-50-56-68(3)4)66-90-94(82,83)88-62-70(77)63-89-95(84,85)91-67-72(64-86-73(78)58-52-46-40-16-14-12-10-8-2)93-76(81)61-55-49-43-37-39-45-51-57-69(5)6/h68-72,77H,7-67H2,1-6H3,(H,82,83)(H,84,85)/t70-,71-,72-/m1/s1. The molecule has 0 spiro atoms. The summed E-state index contributed by atoms with van der Waals surface area (Å²) in [6.45, 7) is 9.52.